The molecule has 0 radical (unpaired) electrons. The molecule has 0 aliphatic carbocycles. The highest BCUT2D eigenvalue weighted by Crippen LogP contribution is 2.37. The summed E-state index contributed by atoms with van der Waals surface area (Å²) in [4.78, 5) is 17.6. The van der Waals surface area contributed by atoms with Crippen molar-refractivity contribution < 1.29 is 22.3 Å². The molecule has 2 unspecified atom stereocenters. The van der Waals surface area contributed by atoms with Crippen LogP contribution in [0.1, 0.15) is 20.8 Å². The zero-order valence-electron chi connectivity index (χ0n) is 15.9. The van der Waals surface area contributed by atoms with Gasteiger partial charge in [0.1, 0.15) is 5.60 Å². The first-order chi connectivity index (χ1) is 13.1. The standard InChI is InChI=1S/C19H22FN3O4S/c1-19(2,3)27-18(24)23-10-13-9-22(11-15(13)23)28(25,26)16-6-4-5-12-7-21-8-14(20)17(12)16/h4-8,13,15H,9-11H2,1-3H3. The van der Waals surface area contributed by atoms with E-state index in [0.29, 0.717) is 18.5 Å². The smallest absolute Gasteiger partial charge is 0.410 e. The molecule has 7 nitrogen and oxygen atoms in total. The normalized spacial score (nSPS) is 22.8. The van der Waals surface area contributed by atoms with Gasteiger partial charge >= 0.3 is 6.09 Å². The van der Waals surface area contributed by atoms with Gasteiger partial charge in [-0.25, -0.2) is 17.6 Å². The van der Waals surface area contributed by atoms with Crippen molar-refractivity contribution in [1.82, 2.24) is 14.2 Å². The third-order valence-electron chi connectivity index (χ3n) is 5.15. The molecule has 1 amide bonds. The van der Waals surface area contributed by atoms with Crippen LogP contribution in [0.5, 0.6) is 0 Å². The fraction of sp³-hybridized carbons (Fsp3) is 0.474. The van der Waals surface area contributed by atoms with E-state index >= 15 is 0 Å². The Labute approximate surface area is 163 Å². The van der Waals surface area contributed by atoms with Gasteiger partial charge in [0.05, 0.1) is 17.1 Å². The Balaban J connectivity index is 1.59. The average Bonchev–Trinajstić information content (AvgIpc) is 2.90. The Morgan fingerprint density at radius 1 is 1.21 bits per heavy atom. The van der Waals surface area contributed by atoms with Gasteiger partial charge in [-0.05, 0) is 26.8 Å². The average molecular weight is 407 g/mol. The number of likely N-dealkylation sites (tertiary alicyclic amines) is 1. The molecule has 0 N–H and O–H groups in total. The Morgan fingerprint density at radius 3 is 2.68 bits per heavy atom. The Hall–Kier alpha value is -2.26. The summed E-state index contributed by atoms with van der Waals surface area (Å²) in [7, 11) is -3.91. The number of ether oxygens (including phenoxy) is 1. The fourth-order valence-corrected chi connectivity index (χ4v) is 5.58. The number of amides is 1. The maximum atomic E-state index is 14.3. The van der Waals surface area contributed by atoms with Crippen LogP contribution >= 0.6 is 0 Å². The van der Waals surface area contributed by atoms with Crippen molar-refractivity contribution in [3.8, 4) is 0 Å². The summed E-state index contributed by atoms with van der Waals surface area (Å²) in [6, 6.07) is 4.40. The number of fused-ring (bicyclic) bond motifs is 2. The lowest BCUT2D eigenvalue weighted by molar-refractivity contribution is -0.0164. The molecule has 0 saturated carbocycles. The third-order valence-corrected chi connectivity index (χ3v) is 7.02. The van der Waals surface area contributed by atoms with Crippen LogP contribution in [0.2, 0.25) is 0 Å². The highest BCUT2D eigenvalue weighted by atomic mass is 32.2. The van der Waals surface area contributed by atoms with Crippen molar-refractivity contribution in [2.75, 3.05) is 19.6 Å². The number of carbonyl (C=O) groups excluding carboxylic acids is 1. The number of halogens is 1. The lowest BCUT2D eigenvalue weighted by Gasteiger charge is -2.43. The third kappa shape index (κ3) is 3.12. The molecule has 2 atom stereocenters. The van der Waals surface area contributed by atoms with Gasteiger partial charge in [-0.2, -0.15) is 4.31 Å². The van der Waals surface area contributed by atoms with E-state index in [4.69, 9.17) is 4.74 Å². The van der Waals surface area contributed by atoms with E-state index in [1.54, 1.807) is 37.8 Å². The molecule has 2 aromatic rings. The van der Waals surface area contributed by atoms with Crippen LogP contribution in [0.25, 0.3) is 10.8 Å². The summed E-state index contributed by atoms with van der Waals surface area (Å²) < 4.78 is 47.5. The SMILES string of the molecule is CC(C)(C)OC(=O)N1CC2CN(S(=O)(=O)c3cccc4cncc(F)c34)CC21. The van der Waals surface area contributed by atoms with Crippen LogP contribution in [-0.4, -0.2) is 60.0 Å². The molecule has 28 heavy (non-hydrogen) atoms. The van der Waals surface area contributed by atoms with Gasteiger partial charge in [0.25, 0.3) is 0 Å². The second kappa shape index (κ2) is 6.38. The molecule has 2 aliphatic heterocycles. The van der Waals surface area contributed by atoms with E-state index < -0.39 is 27.5 Å². The number of carbonyl (C=O) groups is 1. The van der Waals surface area contributed by atoms with E-state index in [2.05, 4.69) is 4.98 Å². The van der Waals surface area contributed by atoms with Crippen LogP contribution in [-0.2, 0) is 14.8 Å². The Morgan fingerprint density at radius 2 is 1.96 bits per heavy atom. The number of pyridine rings is 1. The van der Waals surface area contributed by atoms with E-state index in [0.717, 1.165) is 6.20 Å². The second-order valence-corrected chi connectivity index (χ2v) is 10.2. The molecule has 1 aromatic carbocycles. The van der Waals surface area contributed by atoms with E-state index in [9.17, 15) is 17.6 Å². The predicted octanol–water partition coefficient (Wildman–Crippen LogP) is 2.61. The molecule has 0 bridgehead atoms. The van der Waals surface area contributed by atoms with Crippen molar-refractivity contribution in [3.63, 3.8) is 0 Å². The minimum atomic E-state index is -3.91. The number of hydrogen-bond donors (Lipinski definition) is 0. The van der Waals surface area contributed by atoms with Crippen LogP contribution < -0.4 is 0 Å². The fourth-order valence-electron chi connectivity index (χ4n) is 3.84. The summed E-state index contributed by atoms with van der Waals surface area (Å²) in [6.45, 7) is 6.30. The van der Waals surface area contributed by atoms with Crippen LogP contribution in [0, 0.1) is 11.7 Å². The summed E-state index contributed by atoms with van der Waals surface area (Å²) in [6.07, 6.45) is 2.02. The van der Waals surface area contributed by atoms with Gasteiger partial charge < -0.3 is 9.64 Å². The summed E-state index contributed by atoms with van der Waals surface area (Å²) in [5, 5.41) is 0.472. The van der Waals surface area contributed by atoms with Crippen molar-refractivity contribution in [2.45, 2.75) is 37.3 Å². The maximum absolute atomic E-state index is 14.3. The van der Waals surface area contributed by atoms with Gasteiger partial charge in [0.15, 0.2) is 5.82 Å². The lowest BCUT2D eigenvalue weighted by Crippen LogP contribution is -2.59. The maximum Gasteiger partial charge on any atom is 0.410 e. The zero-order chi connectivity index (χ0) is 20.3. The Kier molecular flexibility index (Phi) is 4.35. The first kappa shape index (κ1) is 19.1. The summed E-state index contributed by atoms with van der Waals surface area (Å²) >= 11 is 0. The molecular formula is C19H22FN3O4S. The van der Waals surface area contributed by atoms with Crippen molar-refractivity contribution in [1.29, 1.82) is 0 Å². The van der Waals surface area contributed by atoms with E-state index in [1.165, 1.54) is 16.6 Å². The topological polar surface area (TPSA) is 79.8 Å². The molecule has 1 aromatic heterocycles. The van der Waals surface area contributed by atoms with Crippen molar-refractivity contribution in [2.24, 2.45) is 5.92 Å². The van der Waals surface area contributed by atoms with Crippen molar-refractivity contribution in [3.05, 3.63) is 36.4 Å². The Bertz CT molecular complexity index is 1050. The van der Waals surface area contributed by atoms with Crippen molar-refractivity contribution >= 4 is 26.9 Å². The van der Waals surface area contributed by atoms with Crippen LogP contribution in [0.15, 0.2) is 35.5 Å². The summed E-state index contributed by atoms with van der Waals surface area (Å²) in [5.74, 6) is -0.613. The number of aromatic nitrogens is 1. The minimum absolute atomic E-state index is 0.0424. The number of sulfonamides is 1. The second-order valence-electron chi connectivity index (χ2n) is 8.26. The molecule has 150 valence electrons. The molecule has 2 aliphatic rings. The molecule has 4 rings (SSSR count). The molecule has 2 saturated heterocycles. The number of rotatable bonds is 2. The minimum Gasteiger partial charge on any atom is -0.444 e. The lowest BCUT2D eigenvalue weighted by atomic mass is 9.93. The number of benzene rings is 1. The van der Waals surface area contributed by atoms with E-state index in [-0.39, 0.29) is 28.8 Å². The van der Waals surface area contributed by atoms with Gasteiger partial charge in [0, 0.05) is 42.5 Å². The molecule has 0 spiro atoms. The highest BCUT2D eigenvalue weighted by molar-refractivity contribution is 7.89. The quantitative estimate of drug-likeness (QED) is 0.765. The molecule has 2 fully saturated rings. The number of nitrogens with zero attached hydrogens (tertiary/aromatic N) is 3. The van der Waals surface area contributed by atoms with Crippen LogP contribution in [0.3, 0.4) is 0 Å². The van der Waals surface area contributed by atoms with Crippen LogP contribution in [0.4, 0.5) is 9.18 Å². The molecular weight excluding hydrogens is 385 g/mol. The molecule has 9 heteroatoms. The zero-order valence-corrected chi connectivity index (χ0v) is 16.7. The van der Waals surface area contributed by atoms with Gasteiger partial charge in [-0.15, -0.1) is 0 Å². The predicted molar refractivity (Wildman–Crippen MR) is 101 cm³/mol. The van der Waals surface area contributed by atoms with E-state index in [1.807, 2.05) is 0 Å². The monoisotopic (exact) mass is 407 g/mol. The van der Waals surface area contributed by atoms with Gasteiger partial charge in [-0.3, -0.25) is 4.98 Å². The highest BCUT2D eigenvalue weighted by Gasteiger charge is 2.52. The molecule has 3 heterocycles. The van der Waals surface area contributed by atoms with Gasteiger partial charge in [-0.1, -0.05) is 12.1 Å². The largest absolute Gasteiger partial charge is 0.444 e. The van der Waals surface area contributed by atoms with Gasteiger partial charge in [0.2, 0.25) is 10.0 Å². The first-order valence-corrected chi connectivity index (χ1v) is 10.5. The summed E-state index contributed by atoms with van der Waals surface area (Å²) in [5.41, 5.74) is -0.610. The first-order valence-electron chi connectivity index (χ1n) is 9.10. The number of hydrogen-bond acceptors (Lipinski definition) is 5.